The third kappa shape index (κ3) is 2.34. The molecule has 0 aliphatic rings. The van der Waals surface area contributed by atoms with E-state index in [9.17, 15) is 0 Å². The zero-order chi connectivity index (χ0) is 13.2. The van der Waals surface area contributed by atoms with E-state index in [1.165, 1.54) is 5.56 Å². The summed E-state index contributed by atoms with van der Waals surface area (Å²) in [5.41, 5.74) is 3.23. The second-order valence-corrected chi connectivity index (χ2v) is 4.61. The second-order valence-electron chi connectivity index (χ2n) is 4.61. The molecule has 0 atom stereocenters. The topological polar surface area (TPSA) is 22.4 Å². The zero-order valence-electron chi connectivity index (χ0n) is 11.1. The minimum atomic E-state index is 0.675. The summed E-state index contributed by atoms with van der Waals surface area (Å²) in [5, 5.41) is 1.07. The third-order valence-corrected chi connectivity index (χ3v) is 3.13. The molecule has 19 heavy (non-hydrogen) atoms. The maximum atomic E-state index is 5.87. The summed E-state index contributed by atoms with van der Waals surface area (Å²) in [6, 6.07) is 16.3. The Hall–Kier alpha value is -2.22. The standard InChI is InChI=1S/C17H16O2/c1-3-18-15-8-9-16-14(10-15)11-17(19-16)13-6-4-12(2)5-7-13/h4-11H,3H2,1-2H3. The number of furan rings is 1. The number of hydrogen-bond donors (Lipinski definition) is 0. The number of ether oxygens (including phenoxy) is 1. The van der Waals surface area contributed by atoms with Crippen LogP contribution in [0.15, 0.2) is 52.9 Å². The summed E-state index contributed by atoms with van der Waals surface area (Å²) in [6.45, 7) is 4.74. The number of rotatable bonds is 3. The van der Waals surface area contributed by atoms with Crippen molar-refractivity contribution in [2.45, 2.75) is 13.8 Å². The molecule has 0 saturated carbocycles. The molecule has 0 aliphatic carbocycles. The summed E-state index contributed by atoms with van der Waals surface area (Å²) < 4.78 is 11.4. The van der Waals surface area contributed by atoms with Crippen molar-refractivity contribution in [1.82, 2.24) is 0 Å². The van der Waals surface area contributed by atoms with Crippen LogP contribution in [-0.4, -0.2) is 6.61 Å². The molecule has 96 valence electrons. The van der Waals surface area contributed by atoms with Crippen LogP contribution in [0.3, 0.4) is 0 Å². The van der Waals surface area contributed by atoms with Crippen LogP contribution < -0.4 is 4.74 Å². The van der Waals surface area contributed by atoms with Crippen molar-refractivity contribution in [3.05, 3.63) is 54.1 Å². The Bertz CT molecular complexity index is 693. The van der Waals surface area contributed by atoms with Crippen molar-refractivity contribution in [2.75, 3.05) is 6.61 Å². The van der Waals surface area contributed by atoms with E-state index >= 15 is 0 Å². The Morgan fingerprint density at radius 3 is 2.53 bits per heavy atom. The van der Waals surface area contributed by atoms with Crippen LogP contribution in [-0.2, 0) is 0 Å². The SMILES string of the molecule is CCOc1ccc2oc(-c3ccc(C)cc3)cc2c1. The number of hydrogen-bond acceptors (Lipinski definition) is 2. The molecule has 0 radical (unpaired) electrons. The maximum Gasteiger partial charge on any atom is 0.135 e. The predicted octanol–water partition coefficient (Wildman–Crippen LogP) is 4.81. The molecule has 2 nitrogen and oxygen atoms in total. The van der Waals surface area contributed by atoms with Gasteiger partial charge in [0.1, 0.15) is 17.1 Å². The molecule has 3 rings (SSSR count). The molecule has 1 aromatic heterocycles. The molecule has 0 saturated heterocycles. The lowest BCUT2D eigenvalue weighted by molar-refractivity contribution is 0.340. The van der Waals surface area contributed by atoms with E-state index in [-0.39, 0.29) is 0 Å². The first-order valence-electron chi connectivity index (χ1n) is 6.49. The van der Waals surface area contributed by atoms with Gasteiger partial charge in [0.25, 0.3) is 0 Å². The summed E-state index contributed by atoms with van der Waals surface area (Å²) >= 11 is 0. The highest BCUT2D eigenvalue weighted by molar-refractivity contribution is 5.84. The molecule has 2 heteroatoms. The molecule has 0 aliphatic heterocycles. The number of benzene rings is 2. The van der Waals surface area contributed by atoms with Gasteiger partial charge in [-0.1, -0.05) is 29.8 Å². The maximum absolute atomic E-state index is 5.87. The fourth-order valence-corrected chi connectivity index (χ4v) is 2.14. The normalized spacial score (nSPS) is 10.8. The van der Waals surface area contributed by atoms with Gasteiger partial charge in [0, 0.05) is 10.9 Å². The van der Waals surface area contributed by atoms with Crippen molar-refractivity contribution in [3.8, 4) is 17.1 Å². The average Bonchev–Trinajstić information content (AvgIpc) is 2.83. The summed E-state index contributed by atoms with van der Waals surface area (Å²) in [5.74, 6) is 1.77. The van der Waals surface area contributed by atoms with Gasteiger partial charge in [-0.15, -0.1) is 0 Å². The Labute approximate surface area is 112 Å². The van der Waals surface area contributed by atoms with E-state index < -0.39 is 0 Å². The van der Waals surface area contributed by atoms with E-state index in [0.717, 1.165) is 28.0 Å². The van der Waals surface area contributed by atoms with E-state index in [2.05, 4.69) is 37.3 Å². The monoisotopic (exact) mass is 252 g/mol. The molecule has 3 aromatic rings. The average molecular weight is 252 g/mol. The molecule has 0 amide bonds. The molecule has 0 unspecified atom stereocenters. The fraction of sp³-hybridized carbons (Fsp3) is 0.176. The summed E-state index contributed by atoms with van der Waals surface area (Å²) in [6.07, 6.45) is 0. The lowest BCUT2D eigenvalue weighted by Crippen LogP contribution is -1.89. The van der Waals surface area contributed by atoms with Crippen LogP contribution in [0.1, 0.15) is 12.5 Å². The minimum Gasteiger partial charge on any atom is -0.494 e. The van der Waals surface area contributed by atoms with Crippen molar-refractivity contribution >= 4 is 11.0 Å². The van der Waals surface area contributed by atoms with Crippen molar-refractivity contribution in [2.24, 2.45) is 0 Å². The molecule has 0 spiro atoms. The largest absolute Gasteiger partial charge is 0.494 e. The Morgan fingerprint density at radius 1 is 1.00 bits per heavy atom. The van der Waals surface area contributed by atoms with Crippen molar-refractivity contribution < 1.29 is 9.15 Å². The van der Waals surface area contributed by atoms with Gasteiger partial charge in [-0.2, -0.15) is 0 Å². The van der Waals surface area contributed by atoms with Crippen molar-refractivity contribution in [1.29, 1.82) is 0 Å². The van der Waals surface area contributed by atoms with Gasteiger partial charge in [-0.05, 0) is 38.1 Å². The van der Waals surface area contributed by atoms with Crippen LogP contribution in [0.4, 0.5) is 0 Å². The van der Waals surface area contributed by atoms with Gasteiger partial charge in [0.05, 0.1) is 6.61 Å². The lowest BCUT2D eigenvalue weighted by Gasteiger charge is -2.00. The van der Waals surface area contributed by atoms with Gasteiger partial charge in [-0.3, -0.25) is 0 Å². The van der Waals surface area contributed by atoms with Crippen molar-refractivity contribution in [3.63, 3.8) is 0 Å². The van der Waals surface area contributed by atoms with E-state index in [1.54, 1.807) is 0 Å². The van der Waals surface area contributed by atoms with Crippen LogP contribution >= 0.6 is 0 Å². The minimum absolute atomic E-state index is 0.675. The van der Waals surface area contributed by atoms with Crippen LogP contribution in [0.2, 0.25) is 0 Å². The van der Waals surface area contributed by atoms with Gasteiger partial charge >= 0.3 is 0 Å². The van der Waals surface area contributed by atoms with Gasteiger partial charge in [-0.25, -0.2) is 0 Å². The summed E-state index contributed by atoms with van der Waals surface area (Å²) in [4.78, 5) is 0. The Balaban J connectivity index is 2.03. The first-order chi connectivity index (χ1) is 9.26. The first kappa shape index (κ1) is 11.8. The van der Waals surface area contributed by atoms with Gasteiger partial charge in [0.15, 0.2) is 0 Å². The van der Waals surface area contributed by atoms with E-state index in [4.69, 9.17) is 9.15 Å². The highest BCUT2D eigenvalue weighted by Crippen LogP contribution is 2.30. The fourth-order valence-electron chi connectivity index (χ4n) is 2.14. The third-order valence-electron chi connectivity index (χ3n) is 3.13. The molecule has 0 bridgehead atoms. The molecule has 1 heterocycles. The van der Waals surface area contributed by atoms with Crippen LogP contribution in [0, 0.1) is 6.92 Å². The lowest BCUT2D eigenvalue weighted by atomic mass is 10.1. The highest BCUT2D eigenvalue weighted by atomic mass is 16.5. The van der Waals surface area contributed by atoms with Gasteiger partial charge in [0.2, 0.25) is 0 Å². The number of aryl methyl sites for hydroxylation is 1. The zero-order valence-corrected chi connectivity index (χ0v) is 11.1. The molecule has 0 N–H and O–H groups in total. The quantitative estimate of drug-likeness (QED) is 0.667. The Kier molecular flexibility index (Phi) is 3.00. The highest BCUT2D eigenvalue weighted by Gasteiger charge is 2.07. The molecule has 2 aromatic carbocycles. The molecule has 0 fully saturated rings. The molecular weight excluding hydrogens is 236 g/mol. The first-order valence-corrected chi connectivity index (χ1v) is 6.49. The Morgan fingerprint density at radius 2 is 1.79 bits per heavy atom. The second kappa shape index (κ2) is 4.81. The van der Waals surface area contributed by atoms with E-state index in [1.807, 2.05) is 25.1 Å². The number of fused-ring (bicyclic) bond motifs is 1. The predicted molar refractivity (Wildman–Crippen MR) is 77.6 cm³/mol. The van der Waals surface area contributed by atoms with Gasteiger partial charge < -0.3 is 9.15 Å². The smallest absolute Gasteiger partial charge is 0.135 e. The van der Waals surface area contributed by atoms with Crippen LogP contribution in [0.25, 0.3) is 22.3 Å². The summed E-state index contributed by atoms with van der Waals surface area (Å²) in [7, 11) is 0. The molecular formula is C17H16O2. The van der Waals surface area contributed by atoms with Crippen LogP contribution in [0.5, 0.6) is 5.75 Å². The van der Waals surface area contributed by atoms with E-state index in [0.29, 0.717) is 6.61 Å².